The van der Waals surface area contributed by atoms with Gasteiger partial charge in [0.05, 0.1) is 26.5 Å². The predicted molar refractivity (Wildman–Crippen MR) is 127 cm³/mol. The molecule has 0 fully saturated rings. The molecule has 7 heteroatoms. The maximum absolute atomic E-state index is 5.60. The Bertz CT molecular complexity index is 1260. The molecule has 1 N–H and O–H groups in total. The van der Waals surface area contributed by atoms with Gasteiger partial charge in [0.15, 0.2) is 17.3 Å². The van der Waals surface area contributed by atoms with Crippen molar-refractivity contribution in [2.45, 2.75) is 27.7 Å². The molecule has 2 aromatic heterocycles. The summed E-state index contributed by atoms with van der Waals surface area (Å²) in [7, 11) is 3.24. The topological polar surface area (TPSA) is 70.4 Å². The molecule has 2 aromatic carbocycles. The van der Waals surface area contributed by atoms with E-state index in [1.54, 1.807) is 14.2 Å². The number of anilines is 2. The normalized spacial score (nSPS) is 10.9. The van der Waals surface area contributed by atoms with Crippen molar-refractivity contribution in [2.75, 3.05) is 26.1 Å². The highest BCUT2D eigenvalue weighted by Gasteiger charge is 2.20. The van der Waals surface area contributed by atoms with E-state index in [0.29, 0.717) is 23.9 Å². The van der Waals surface area contributed by atoms with Crippen molar-refractivity contribution in [3.05, 3.63) is 59.5 Å². The maximum Gasteiger partial charge on any atom is 0.162 e. The molecule has 0 spiro atoms. The highest BCUT2D eigenvalue weighted by molar-refractivity contribution is 5.99. The number of benzene rings is 2. The van der Waals surface area contributed by atoms with Gasteiger partial charge >= 0.3 is 0 Å². The molecule has 0 saturated heterocycles. The van der Waals surface area contributed by atoms with E-state index in [9.17, 15) is 0 Å². The number of hydrogen-bond donors (Lipinski definition) is 1. The summed E-state index contributed by atoms with van der Waals surface area (Å²) in [5.41, 5.74) is 5.00. The van der Waals surface area contributed by atoms with E-state index in [4.69, 9.17) is 14.2 Å². The molecule has 2 heterocycles. The molecule has 0 aliphatic rings. The van der Waals surface area contributed by atoms with Gasteiger partial charge in [-0.25, -0.2) is 0 Å². The van der Waals surface area contributed by atoms with Crippen molar-refractivity contribution < 1.29 is 14.2 Å². The smallest absolute Gasteiger partial charge is 0.162 e. The van der Waals surface area contributed by atoms with Gasteiger partial charge < -0.3 is 24.1 Å². The number of methoxy groups -OCH3 is 2. The predicted octanol–water partition coefficient (Wildman–Crippen LogP) is 5.51. The van der Waals surface area contributed by atoms with Gasteiger partial charge in [0.1, 0.15) is 5.75 Å². The Morgan fingerprint density at radius 1 is 0.844 bits per heavy atom. The molecule has 0 unspecified atom stereocenters. The quantitative estimate of drug-likeness (QED) is 0.415. The number of aromatic nitrogens is 3. The van der Waals surface area contributed by atoms with Crippen LogP contribution in [0.15, 0.2) is 42.5 Å². The van der Waals surface area contributed by atoms with Crippen molar-refractivity contribution in [3.8, 4) is 22.9 Å². The monoisotopic (exact) mass is 432 g/mol. The van der Waals surface area contributed by atoms with Crippen LogP contribution in [0.2, 0.25) is 0 Å². The van der Waals surface area contributed by atoms with Crippen molar-refractivity contribution >= 4 is 22.3 Å². The summed E-state index contributed by atoms with van der Waals surface area (Å²) in [4.78, 5) is 0. The summed E-state index contributed by atoms with van der Waals surface area (Å²) in [6.45, 7) is 8.83. The SMILES string of the molecule is CCOc1ccc(-n2c(C)c3c(C)nnc(Nc4ccc(OC)c(OC)c4)c3c2C)cc1. The van der Waals surface area contributed by atoms with Crippen LogP contribution in [-0.4, -0.2) is 35.6 Å². The molecule has 0 saturated carbocycles. The Morgan fingerprint density at radius 3 is 2.19 bits per heavy atom. The zero-order valence-corrected chi connectivity index (χ0v) is 19.3. The standard InChI is InChI=1S/C25H28N4O3/c1-7-32-20-11-9-19(10-12-20)29-16(3)23-15(2)27-28-25(24(23)17(29)4)26-18-8-13-21(30-5)22(14-18)31-6/h8-14H,7H2,1-6H3,(H,26,28). The lowest BCUT2D eigenvalue weighted by Gasteiger charge is -2.12. The van der Waals surface area contributed by atoms with Crippen molar-refractivity contribution in [3.63, 3.8) is 0 Å². The number of fused-ring (bicyclic) bond motifs is 1. The summed E-state index contributed by atoms with van der Waals surface area (Å²) >= 11 is 0. The number of rotatable bonds is 7. The zero-order valence-electron chi connectivity index (χ0n) is 19.3. The second kappa shape index (κ2) is 8.78. The first-order valence-corrected chi connectivity index (χ1v) is 10.6. The molecule has 0 atom stereocenters. The maximum atomic E-state index is 5.60. The molecular formula is C25H28N4O3. The highest BCUT2D eigenvalue weighted by atomic mass is 16.5. The van der Waals surface area contributed by atoms with Crippen molar-refractivity contribution in [2.24, 2.45) is 0 Å². The van der Waals surface area contributed by atoms with Gasteiger partial charge in [0.25, 0.3) is 0 Å². The van der Waals surface area contributed by atoms with Crippen LogP contribution in [0.4, 0.5) is 11.5 Å². The van der Waals surface area contributed by atoms with Crippen LogP contribution in [0.1, 0.15) is 24.0 Å². The Balaban J connectivity index is 1.82. The molecule has 0 radical (unpaired) electrons. The third kappa shape index (κ3) is 3.70. The van der Waals surface area contributed by atoms with Crippen LogP contribution < -0.4 is 19.5 Å². The third-order valence-electron chi connectivity index (χ3n) is 5.60. The highest BCUT2D eigenvalue weighted by Crippen LogP contribution is 2.37. The average molecular weight is 433 g/mol. The third-order valence-corrected chi connectivity index (χ3v) is 5.60. The first kappa shape index (κ1) is 21.5. The van der Waals surface area contributed by atoms with E-state index in [1.165, 1.54) is 0 Å². The minimum Gasteiger partial charge on any atom is -0.494 e. The number of ether oxygens (including phenoxy) is 3. The van der Waals surface area contributed by atoms with Crippen LogP contribution >= 0.6 is 0 Å². The van der Waals surface area contributed by atoms with Gasteiger partial charge in [-0.1, -0.05) is 0 Å². The molecule has 7 nitrogen and oxygen atoms in total. The Hall–Kier alpha value is -3.74. The number of nitrogens with one attached hydrogen (secondary N) is 1. The molecule has 32 heavy (non-hydrogen) atoms. The molecule has 0 aliphatic heterocycles. The minimum absolute atomic E-state index is 0.645. The molecule has 0 bridgehead atoms. The van der Waals surface area contributed by atoms with E-state index in [2.05, 4.69) is 46.1 Å². The van der Waals surface area contributed by atoms with Gasteiger partial charge in [0, 0.05) is 39.6 Å². The van der Waals surface area contributed by atoms with Gasteiger partial charge in [-0.3, -0.25) is 0 Å². The summed E-state index contributed by atoms with van der Waals surface area (Å²) in [6.07, 6.45) is 0. The van der Waals surface area contributed by atoms with Gasteiger partial charge in [0.2, 0.25) is 0 Å². The fraction of sp³-hybridized carbons (Fsp3) is 0.280. The van der Waals surface area contributed by atoms with Crippen LogP contribution in [-0.2, 0) is 0 Å². The van der Waals surface area contributed by atoms with Crippen LogP contribution in [0.25, 0.3) is 16.5 Å². The summed E-state index contributed by atoms with van der Waals surface area (Å²) in [5.74, 6) is 2.88. The molecule has 4 rings (SSSR count). The van der Waals surface area contributed by atoms with E-state index >= 15 is 0 Å². The molecule has 0 aliphatic carbocycles. The van der Waals surface area contributed by atoms with Crippen LogP contribution in [0.5, 0.6) is 17.2 Å². The first-order valence-electron chi connectivity index (χ1n) is 10.6. The largest absolute Gasteiger partial charge is 0.494 e. The average Bonchev–Trinajstić information content (AvgIpc) is 3.07. The van der Waals surface area contributed by atoms with Gasteiger partial charge in [-0.15, -0.1) is 5.10 Å². The Kier molecular flexibility index (Phi) is 5.90. The van der Waals surface area contributed by atoms with E-state index in [-0.39, 0.29) is 0 Å². The van der Waals surface area contributed by atoms with E-state index in [1.807, 2.05) is 44.2 Å². The lowest BCUT2D eigenvalue weighted by atomic mass is 10.1. The molecule has 0 amide bonds. The first-order chi connectivity index (χ1) is 15.5. The summed E-state index contributed by atoms with van der Waals surface area (Å²) < 4.78 is 18.6. The number of hydrogen-bond acceptors (Lipinski definition) is 6. The molecule has 166 valence electrons. The minimum atomic E-state index is 0.645. The lowest BCUT2D eigenvalue weighted by molar-refractivity contribution is 0.340. The zero-order chi connectivity index (χ0) is 22.8. The van der Waals surface area contributed by atoms with Gasteiger partial charge in [-0.2, -0.15) is 5.10 Å². The second-order valence-corrected chi connectivity index (χ2v) is 7.51. The second-order valence-electron chi connectivity index (χ2n) is 7.51. The van der Waals surface area contributed by atoms with Crippen molar-refractivity contribution in [1.82, 2.24) is 14.8 Å². The molecule has 4 aromatic rings. The Labute approximate surface area is 187 Å². The van der Waals surface area contributed by atoms with E-state index in [0.717, 1.165) is 45.0 Å². The van der Waals surface area contributed by atoms with Crippen LogP contribution in [0, 0.1) is 20.8 Å². The fourth-order valence-corrected chi connectivity index (χ4v) is 4.18. The summed E-state index contributed by atoms with van der Waals surface area (Å²) in [6, 6.07) is 13.8. The van der Waals surface area contributed by atoms with E-state index < -0.39 is 0 Å². The fourth-order valence-electron chi connectivity index (χ4n) is 4.18. The molecular weight excluding hydrogens is 404 g/mol. The number of nitrogens with zero attached hydrogens (tertiary/aromatic N) is 3. The number of aryl methyl sites for hydroxylation is 3. The van der Waals surface area contributed by atoms with Crippen LogP contribution in [0.3, 0.4) is 0 Å². The van der Waals surface area contributed by atoms with Crippen molar-refractivity contribution in [1.29, 1.82) is 0 Å². The Morgan fingerprint density at radius 2 is 1.53 bits per heavy atom. The summed E-state index contributed by atoms with van der Waals surface area (Å²) in [5, 5.41) is 14.5. The van der Waals surface area contributed by atoms with Gasteiger partial charge in [-0.05, 0) is 64.1 Å². The lowest BCUT2D eigenvalue weighted by Crippen LogP contribution is -2.00.